The maximum Gasteiger partial charge on any atom is 0.364 e. The minimum atomic E-state index is -0.968. The number of nitrogens with zero attached hydrogens (tertiary/aromatic N) is 1. The molecule has 0 spiro atoms. The average molecular weight is 348 g/mol. The predicted molar refractivity (Wildman–Crippen MR) is 82.9 cm³/mol. The Bertz CT molecular complexity index is 889. The SMILES string of the molecule is O=C1C=C(OC(=O)c2nc(Cl)ccc2Cl)C(=O)c2ccccc21. The fraction of sp³-hybridized carbons (Fsp3) is 0. The number of pyridine rings is 1. The lowest BCUT2D eigenvalue weighted by Crippen LogP contribution is -2.21. The molecule has 0 saturated carbocycles. The van der Waals surface area contributed by atoms with E-state index in [1.54, 1.807) is 12.1 Å². The van der Waals surface area contributed by atoms with E-state index in [2.05, 4.69) is 4.98 Å². The molecule has 0 N–H and O–H groups in total. The summed E-state index contributed by atoms with van der Waals surface area (Å²) in [5, 5.41) is 0.0710. The molecule has 7 heteroatoms. The van der Waals surface area contributed by atoms with E-state index in [0.717, 1.165) is 6.08 Å². The quantitative estimate of drug-likeness (QED) is 0.613. The van der Waals surface area contributed by atoms with Crippen LogP contribution >= 0.6 is 23.2 Å². The second kappa shape index (κ2) is 5.95. The van der Waals surface area contributed by atoms with Gasteiger partial charge in [-0.2, -0.15) is 0 Å². The number of Topliss-reactive ketones (excluding diaryl/α,β-unsaturated/α-hetero) is 1. The summed E-state index contributed by atoms with van der Waals surface area (Å²) in [7, 11) is 0. The summed E-state index contributed by atoms with van der Waals surface area (Å²) in [4.78, 5) is 40.2. The molecular formula is C16H7Cl2NO4. The lowest BCUT2D eigenvalue weighted by molar-refractivity contribution is 0.0579. The first-order valence-corrected chi connectivity index (χ1v) is 7.17. The predicted octanol–water partition coefficient (Wildman–Crippen LogP) is 3.51. The van der Waals surface area contributed by atoms with Crippen molar-refractivity contribution in [2.75, 3.05) is 0 Å². The minimum Gasteiger partial charge on any atom is -0.417 e. The van der Waals surface area contributed by atoms with Crippen LogP contribution in [-0.2, 0) is 4.74 Å². The molecule has 0 atom stereocenters. The van der Waals surface area contributed by atoms with Gasteiger partial charge in [-0.1, -0.05) is 47.5 Å². The van der Waals surface area contributed by atoms with Gasteiger partial charge in [0.05, 0.1) is 5.02 Å². The van der Waals surface area contributed by atoms with E-state index in [4.69, 9.17) is 27.9 Å². The van der Waals surface area contributed by atoms with Crippen LogP contribution in [0.2, 0.25) is 10.2 Å². The van der Waals surface area contributed by atoms with Crippen LogP contribution in [0.3, 0.4) is 0 Å². The van der Waals surface area contributed by atoms with Crippen molar-refractivity contribution < 1.29 is 19.1 Å². The average Bonchev–Trinajstić information content (AvgIpc) is 2.54. The van der Waals surface area contributed by atoms with Gasteiger partial charge >= 0.3 is 5.97 Å². The molecule has 23 heavy (non-hydrogen) atoms. The highest BCUT2D eigenvalue weighted by atomic mass is 35.5. The number of carbonyl (C=O) groups excluding carboxylic acids is 3. The Morgan fingerprint density at radius 3 is 2.43 bits per heavy atom. The molecule has 0 fully saturated rings. The molecule has 0 unspecified atom stereocenters. The van der Waals surface area contributed by atoms with Gasteiger partial charge in [0.25, 0.3) is 0 Å². The second-order valence-corrected chi connectivity index (χ2v) is 5.40. The Morgan fingerprint density at radius 1 is 1.00 bits per heavy atom. The number of hydrogen-bond donors (Lipinski definition) is 0. The largest absolute Gasteiger partial charge is 0.417 e. The molecule has 3 rings (SSSR count). The van der Waals surface area contributed by atoms with Crippen LogP contribution in [0.15, 0.2) is 48.2 Å². The van der Waals surface area contributed by atoms with Crippen molar-refractivity contribution in [3.8, 4) is 0 Å². The maximum absolute atomic E-state index is 12.3. The molecule has 0 aliphatic heterocycles. The van der Waals surface area contributed by atoms with E-state index >= 15 is 0 Å². The van der Waals surface area contributed by atoms with Gasteiger partial charge in [0, 0.05) is 17.2 Å². The van der Waals surface area contributed by atoms with Crippen molar-refractivity contribution in [1.29, 1.82) is 0 Å². The number of halogens is 2. The Hall–Kier alpha value is -2.50. The number of hydrogen-bond acceptors (Lipinski definition) is 5. The summed E-state index contributed by atoms with van der Waals surface area (Å²) < 4.78 is 5.00. The number of fused-ring (bicyclic) bond motifs is 1. The molecule has 1 aliphatic carbocycles. The molecule has 1 aromatic heterocycles. The number of ether oxygens (including phenoxy) is 1. The van der Waals surface area contributed by atoms with Gasteiger partial charge in [-0.05, 0) is 12.1 Å². The molecule has 2 aromatic rings. The third-order valence-corrected chi connectivity index (χ3v) is 3.65. The second-order valence-electron chi connectivity index (χ2n) is 4.60. The van der Waals surface area contributed by atoms with Crippen molar-refractivity contribution in [3.63, 3.8) is 0 Å². The van der Waals surface area contributed by atoms with Crippen LogP contribution in [0.1, 0.15) is 31.2 Å². The lowest BCUT2D eigenvalue weighted by Gasteiger charge is -2.14. The zero-order valence-electron chi connectivity index (χ0n) is 11.4. The van der Waals surface area contributed by atoms with Gasteiger partial charge in [0.1, 0.15) is 5.15 Å². The van der Waals surface area contributed by atoms with E-state index in [9.17, 15) is 14.4 Å². The van der Waals surface area contributed by atoms with Crippen molar-refractivity contribution in [1.82, 2.24) is 4.98 Å². The summed E-state index contributed by atoms with van der Waals surface area (Å²) >= 11 is 11.6. The van der Waals surface area contributed by atoms with Gasteiger partial charge in [0.15, 0.2) is 17.2 Å². The first kappa shape index (κ1) is 15.4. The Kier molecular flexibility index (Phi) is 3.98. The summed E-state index contributed by atoms with van der Waals surface area (Å²) in [5.74, 6) is -2.33. The molecule has 5 nitrogen and oxygen atoms in total. The minimum absolute atomic E-state index is 0.0231. The third kappa shape index (κ3) is 2.88. The number of allylic oxidation sites excluding steroid dienone is 2. The van der Waals surface area contributed by atoms with E-state index in [1.807, 2.05) is 0 Å². The summed E-state index contributed by atoms with van der Waals surface area (Å²) in [5.41, 5.74) is 0.198. The molecule has 1 aliphatic rings. The van der Waals surface area contributed by atoms with Gasteiger partial charge in [0.2, 0.25) is 5.78 Å². The molecule has 1 heterocycles. The Labute approximate surface area is 140 Å². The van der Waals surface area contributed by atoms with Crippen LogP contribution in [0.25, 0.3) is 0 Å². The fourth-order valence-electron chi connectivity index (χ4n) is 2.08. The van der Waals surface area contributed by atoms with Crippen molar-refractivity contribution in [3.05, 3.63) is 75.2 Å². The topological polar surface area (TPSA) is 73.3 Å². The number of ketones is 2. The molecule has 0 saturated heterocycles. The third-order valence-electron chi connectivity index (χ3n) is 3.13. The molecular weight excluding hydrogens is 341 g/mol. The van der Waals surface area contributed by atoms with E-state index in [0.29, 0.717) is 0 Å². The van der Waals surface area contributed by atoms with Crippen molar-refractivity contribution in [2.24, 2.45) is 0 Å². The molecule has 114 valence electrons. The highest BCUT2D eigenvalue weighted by Crippen LogP contribution is 2.24. The smallest absolute Gasteiger partial charge is 0.364 e. The highest BCUT2D eigenvalue weighted by molar-refractivity contribution is 6.34. The van der Waals surface area contributed by atoms with Crippen molar-refractivity contribution >= 4 is 40.7 Å². The number of benzene rings is 1. The molecule has 1 aromatic carbocycles. The van der Waals surface area contributed by atoms with Gasteiger partial charge in [-0.15, -0.1) is 0 Å². The maximum atomic E-state index is 12.3. The van der Waals surface area contributed by atoms with Crippen LogP contribution in [0.5, 0.6) is 0 Å². The summed E-state index contributed by atoms with van der Waals surface area (Å²) in [6.45, 7) is 0. The first-order chi connectivity index (χ1) is 11.0. The number of carbonyl (C=O) groups is 3. The molecule has 0 radical (unpaired) electrons. The lowest BCUT2D eigenvalue weighted by atomic mass is 9.94. The molecule has 0 bridgehead atoms. The van der Waals surface area contributed by atoms with Crippen LogP contribution < -0.4 is 0 Å². The number of esters is 1. The summed E-state index contributed by atoms with van der Waals surface area (Å²) in [6.07, 6.45) is 0.973. The van der Waals surface area contributed by atoms with Crippen LogP contribution in [-0.4, -0.2) is 22.5 Å². The monoisotopic (exact) mass is 347 g/mol. The van der Waals surface area contributed by atoms with Gasteiger partial charge in [-0.3, -0.25) is 9.59 Å². The first-order valence-electron chi connectivity index (χ1n) is 6.41. The zero-order valence-corrected chi connectivity index (χ0v) is 12.9. The Balaban J connectivity index is 1.92. The van der Waals surface area contributed by atoms with Gasteiger partial charge in [-0.25, -0.2) is 9.78 Å². The van der Waals surface area contributed by atoms with Crippen LogP contribution in [0, 0.1) is 0 Å². The normalized spacial score (nSPS) is 13.4. The molecule has 0 amide bonds. The standard InChI is InChI=1S/C16H7Cl2NO4/c17-10-5-6-13(18)19-14(10)16(22)23-12-7-11(20)8-3-1-2-4-9(8)15(12)21/h1-7H. The highest BCUT2D eigenvalue weighted by Gasteiger charge is 2.29. The van der Waals surface area contributed by atoms with Crippen molar-refractivity contribution in [2.45, 2.75) is 0 Å². The van der Waals surface area contributed by atoms with Gasteiger partial charge < -0.3 is 4.74 Å². The van der Waals surface area contributed by atoms with E-state index in [1.165, 1.54) is 24.3 Å². The van der Waals surface area contributed by atoms with E-state index < -0.39 is 17.5 Å². The van der Waals surface area contributed by atoms with Crippen LogP contribution in [0.4, 0.5) is 0 Å². The zero-order chi connectivity index (χ0) is 16.6. The van der Waals surface area contributed by atoms with E-state index in [-0.39, 0.29) is 32.8 Å². The Morgan fingerprint density at radius 2 is 1.70 bits per heavy atom. The fourth-order valence-corrected chi connectivity index (χ4v) is 2.41. The number of aromatic nitrogens is 1. The summed E-state index contributed by atoms with van der Waals surface area (Å²) in [6, 6.07) is 9.06. The number of rotatable bonds is 2.